The average molecular weight is 486 g/mol. The molecule has 178 valence electrons. The number of carbonyl (C=O) groups is 2. The highest BCUT2D eigenvalue weighted by atomic mass is 35.5. The molecule has 0 saturated carbocycles. The molecule has 3 unspecified atom stereocenters. The second kappa shape index (κ2) is 9.85. The number of aliphatic hydroxyl groups is 1. The number of carbonyl (C=O) groups excluding carboxylic acids is 2. The lowest BCUT2D eigenvalue weighted by molar-refractivity contribution is -0.118. The van der Waals surface area contributed by atoms with Crippen molar-refractivity contribution < 1.29 is 24.2 Å². The van der Waals surface area contributed by atoms with E-state index in [-0.39, 0.29) is 49.7 Å². The van der Waals surface area contributed by atoms with Crippen molar-refractivity contribution in [1.29, 1.82) is 5.26 Å². The van der Waals surface area contributed by atoms with Gasteiger partial charge in [-0.3, -0.25) is 9.69 Å². The number of halogens is 1. The van der Waals surface area contributed by atoms with Gasteiger partial charge in [0.05, 0.1) is 24.3 Å². The van der Waals surface area contributed by atoms with Crippen LogP contribution in [0.2, 0.25) is 0 Å². The summed E-state index contributed by atoms with van der Waals surface area (Å²) in [6, 6.07) is 11.4. The van der Waals surface area contributed by atoms with Crippen molar-refractivity contribution in [2.75, 3.05) is 29.9 Å². The monoisotopic (exact) mass is 485 g/mol. The third-order valence-electron chi connectivity index (χ3n) is 6.10. The van der Waals surface area contributed by atoms with E-state index in [1.807, 2.05) is 18.2 Å². The molecule has 1 aromatic heterocycles. The number of hydrogen-bond donors (Lipinski definition) is 3. The molecule has 34 heavy (non-hydrogen) atoms. The molecule has 0 spiro atoms. The van der Waals surface area contributed by atoms with Crippen LogP contribution in [-0.2, 0) is 22.4 Å². The fourth-order valence-corrected chi connectivity index (χ4v) is 4.52. The minimum absolute atomic E-state index is 0. The van der Waals surface area contributed by atoms with Crippen LogP contribution in [0, 0.1) is 11.3 Å². The quantitative estimate of drug-likeness (QED) is 0.560. The van der Waals surface area contributed by atoms with Crippen molar-refractivity contribution in [2.24, 2.45) is 0 Å². The SMILES string of the molecule is Cl.N#Cc1cccc2c1CC(NCC(O)CC1CN(c3ccc4c(n3)NC(=O)CO4)C(=O)O1)C2. The summed E-state index contributed by atoms with van der Waals surface area (Å²) >= 11 is 0. The van der Waals surface area contributed by atoms with E-state index in [9.17, 15) is 20.0 Å². The number of pyridine rings is 1. The Morgan fingerprint density at radius 3 is 2.97 bits per heavy atom. The molecule has 5 rings (SSSR count). The number of benzene rings is 1. The zero-order chi connectivity index (χ0) is 22.9. The molecule has 0 bridgehead atoms. The first kappa shape index (κ1) is 23.8. The predicted octanol–water partition coefficient (Wildman–Crippen LogP) is 1.54. The zero-order valence-corrected chi connectivity index (χ0v) is 19.0. The molecule has 3 atom stereocenters. The maximum atomic E-state index is 12.4. The van der Waals surface area contributed by atoms with Gasteiger partial charge in [0.1, 0.15) is 11.9 Å². The van der Waals surface area contributed by atoms with Crippen molar-refractivity contribution in [3.63, 3.8) is 0 Å². The first-order valence-corrected chi connectivity index (χ1v) is 10.8. The van der Waals surface area contributed by atoms with Crippen LogP contribution in [-0.4, -0.2) is 60.0 Å². The average Bonchev–Trinajstić information content (AvgIpc) is 3.39. The number of aliphatic hydroxyl groups excluding tert-OH is 1. The number of hydrogen-bond acceptors (Lipinski definition) is 8. The van der Waals surface area contributed by atoms with Crippen LogP contribution in [0.1, 0.15) is 23.1 Å². The van der Waals surface area contributed by atoms with Crippen molar-refractivity contribution in [1.82, 2.24) is 10.3 Å². The van der Waals surface area contributed by atoms with Crippen LogP contribution >= 0.6 is 12.4 Å². The summed E-state index contributed by atoms with van der Waals surface area (Å²) in [7, 11) is 0. The largest absolute Gasteiger partial charge is 0.480 e. The summed E-state index contributed by atoms with van der Waals surface area (Å²) in [5.74, 6) is 0.747. The zero-order valence-electron chi connectivity index (χ0n) is 18.2. The Kier molecular flexibility index (Phi) is 6.88. The highest BCUT2D eigenvalue weighted by Gasteiger charge is 2.35. The van der Waals surface area contributed by atoms with E-state index in [0.717, 1.165) is 18.4 Å². The van der Waals surface area contributed by atoms with E-state index in [4.69, 9.17) is 9.47 Å². The molecule has 1 saturated heterocycles. The molecule has 3 N–H and O–H groups in total. The lowest BCUT2D eigenvalue weighted by atomic mass is 10.0. The topological polar surface area (TPSA) is 137 Å². The van der Waals surface area contributed by atoms with Crippen LogP contribution in [0.15, 0.2) is 30.3 Å². The Balaban J connectivity index is 0.00000274. The minimum atomic E-state index is -0.703. The minimum Gasteiger partial charge on any atom is -0.480 e. The van der Waals surface area contributed by atoms with E-state index in [0.29, 0.717) is 23.7 Å². The second-order valence-electron chi connectivity index (χ2n) is 8.43. The molecule has 10 nitrogen and oxygen atoms in total. The van der Waals surface area contributed by atoms with Gasteiger partial charge in [-0.1, -0.05) is 12.1 Å². The highest BCUT2D eigenvalue weighted by Crippen LogP contribution is 2.30. The number of aromatic nitrogens is 1. The first-order chi connectivity index (χ1) is 16.0. The Bertz CT molecular complexity index is 1150. The van der Waals surface area contributed by atoms with E-state index in [1.54, 1.807) is 12.1 Å². The fourth-order valence-electron chi connectivity index (χ4n) is 4.52. The summed E-state index contributed by atoms with van der Waals surface area (Å²) < 4.78 is 10.7. The number of cyclic esters (lactones) is 1. The molecule has 1 aliphatic carbocycles. The summed E-state index contributed by atoms with van der Waals surface area (Å²) in [4.78, 5) is 29.6. The van der Waals surface area contributed by atoms with Gasteiger partial charge in [0.15, 0.2) is 18.2 Å². The van der Waals surface area contributed by atoms with E-state index in [1.165, 1.54) is 10.5 Å². The molecular weight excluding hydrogens is 462 g/mol. The Morgan fingerprint density at radius 1 is 1.29 bits per heavy atom. The number of nitriles is 1. The summed E-state index contributed by atoms with van der Waals surface area (Å²) in [5, 5.41) is 25.8. The summed E-state index contributed by atoms with van der Waals surface area (Å²) in [6.07, 6.45) is 0.111. The van der Waals surface area contributed by atoms with Gasteiger partial charge in [-0.15, -0.1) is 12.4 Å². The maximum Gasteiger partial charge on any atom is 0.415 e. The van der Waals surface area contributed by atoms with Crippen LogP contribution in [0.3, 0.4) is 0 Å². The molecule has 3 heterocycles. The van der Waals surface area contributed by atoms with Gasteiger partial charge in [0.2, 0.25) is 0 Å². The van der Waals surface area contributed by atoms with Crippen LogP contribution in [0.4, 0.5) is 16.4 Å². The molecule has 2 aliphatic heterocycles. The molecule has 0 radical (unpaired) electrons. The third-order valence-corrected chi connectivity index (χ3v) is 6.10. The van der Waals surface area contributed by atoms with Gasteiger partial charge in [-0.2, -0.15) is 5.26 Å². The van der Waals surface area contributed by atoms with Crippen molar-refractivity contribution >= 4 is 36.0 Å². The Labute approximate surface area is 202 Å². The van der Waals surface area contributed by atoms with Crippen molar-refractivity contribution in [2.45, 2.75) is 37.5 Å². The second-order valence-corrected chi connectivity index (χ2v) is 8.43. The van der Waals surface area contributed by atoms with Crippen molar-refractivity contribution in [3.05, 3.63) is 47.0 Å². The van der Waals surface area contributed by atoms with Crippen LogP contribution < -0.4 is 20.3 Å². The highest BCUT2D eigenvalue weighted by molar-refractivity contribution is 5.95. The fraction of sp³-hybridized carbons (Fsp3) is 0.391. The van der Waals surface area contributed by atoms with Crippen molar-refractivity contribution in [3.8, 4) is 11.8 Å². The number of nitrogens with one attached hydrogen (secondary N) is 2. The third kappa shape index (κ3) is 4.77. The molecule has 11 heteroatoms. The summed E-state index contributed by atoms with van der Waals surface area (Å²) in [6.45, 7) is 0.534. The van der Waals surface area contributed by atoms with Gasteiger partial charge in [0.25, 0.3) is 5.91 Å². The smallest absolute Gasteiger partial charge is 0.415 e. The van der Waals surface area contributed by atoms with Gasteiger partial charge < -0.3 is 25.2 Å². The van der Waals surface area contributed by atoms with E-state index >= 15 is 0 Å². The lowest BCUT2D eigenvalue weighted by Crippen LogP contribution is -2.38. The van der Waals surface area contributed by atoms with Gasteiger partial charge in [-0.25, -0.2) is 9.78 Å². The molecule has 1 aromatic carbocycles. The first-order valence-electron chi connectivity index (χ1n) is 10.8. The summed E-state index contributed by atoms with van der Waals surface area (Å²) in [5.41, 5.74) is 2.95. The lowest BCUT2D eigenvalue weighted by Gasteiger charge is -2.20. The van der Waals surface area contributed by atoms with E-state index < -0.39 is 18.3 Å². The normalized spacial score (nSPS) is 21.4. The van der Waals surface area contributed by atoms with Gasteiger partial charge in [-0.05, 0) is 42.2 Å². The van der Waals surface area contributed by atoms with Gasteiger partial charge in [0, 0.05) is 19.0 Å². The van der Waals surface area contributed by atoms with Crippen LogP contribution in [0.25, 0.3) is 0 Å². The number of amides is 2. The number of fused-ring (bicyclic) bond motifs is 2. The molecule has 3 aliphatic rings. The molecule has 2 aromatic rings. The number of ether oxygens (including phenoxy) is 2. The van der Waals surface area contributed by atoms with Crippen LogP contribution in [0.5, 0.6) is 5.75 Å². The number of nitrogens with zero attached hydrogens (tertiary/aromatic N) is 3. The standard InChI is InChI=1S/C23H23N5O5.ClH/c24-9-14-3-1-2-13-6-15(7-18(13)14)25-10-16(29)8-17-11-28(23(31)33-17)20-5-4-19-22(26-20)27-21(30)12-32-19;/h1-5,15-17,25,29H,6-8,10-12H2,(H,26,27,30);1H. The molecule has 1 fully saturated rings. The molecule has 2 amide bonds. The predicted molar refractivity (Wildman–Crippen MR) is 124 cm³/mol. The van der Waals surface area contributed by atoms with Gasteiger partial charge >= 0.3 is 6.09 Å². The Morgan fingerprint density at radius 2 is 2.15 bits per heavy atom. The van der Waals surface area contributed by atoms with E-state index in [2.05, 4.69) is 21.7 Å². The molecular formula is C23H24ClN5O5. The Hall–Kier alpha value is -3.39. The number of rotatable bonds is 6. The maximum absolute atomic E-state index is 12.4. The number of anilines is 2.